The average molecular weight is 417 g/mol. The predicted molar refractivity (Wildman–Crippen MR) is 114 cm³/mol. The highest BCUT2D eigenvalue weighted by molar-refractivity contribution is 7.99. The summed E-state index contributed by atoms with van der Waals surface area (Å²) in [6.07, 6.45) is 0. The summed E-state index contributed by atoms with van der Waals surface area (Å²) in [6, 6.07) is 14.9. The van der Waals surface area contributed by atoms with E-state index in [1.165, 1.54) is 16.7 Å². The fraction of sp³-hybridized carbons (Fsp3) is 0.409. The molecule has 2 saturated heterocycles. The molecular formula is C22H27FN3O2S+. The van der Waals surface area contributed by atoms with Crippen LogP contribution in [-0.2, 0) is 4.79 Å². The second-order valence-corrected chi connectivity index (χ2v) is 8.63. The monoisotopic (exact) mass is 416 g/mol. The minimum atomic E-state index is -0.231. The number of nitrogens with one attached hydrogen (secondary N) is 1. The summed E-state index contributed by atoms with van der Waals surface area (Å²) in [6.45, 7) is 4.84. The number of carbonyl (C=O) groups is 1. The number of benzene rings is 2. The van der Waals surface area contributed by atoms with Crippen LogP contribution in [0.25, 0.3) is 0 Å². The van der Waals surface area contributed by atoms with Crippen LogP contribution in [0.15, 0.2) is 48.5 Å². The molecule has 2 aromatic rings. The quantitative estimate of drug-likeness (QED) is 0.807. The summed E-state index contributed by atoms with van der Waals surface area (Å²) < 4.78 is 19.4. The van der Waals surface area contributed by atoms with Crippen LogP contribution in [0.1, 0.15) is 10.9 Å². The normalized spacial score (nSPS) is 20.1. The Morgan fingerprint density at radius 2 is 1.86 bits per heavy atom. The average Bonchev–Trinajstić information content (AvgIpc) is 3.24. The molecule has 29 heavy (non-hydrogen) atoms. The van der Waals surface area contributed by atoms with Gasteiger partial charge in [-0.1, -0.05) is 18.2 Å². The summed E-state index contributed by atoms with van der Waals surface area (Å²) in [7, 11) is 1.67. The molecule has 1 amide bonds. The summed E-state index contributed by atoms with van der Waals surface area (Å²) >= 11 is 1.65. The van der Waals surface area contributed by atoms with Crippen LogP contribution in [0.5, 0.6) is 5.75 Å². The number of methoxy groups -OCH3 is 1. The van der Waals surface area contributed by atoms with Crippen molar-refractivity contribution in [2.75, 3.05) is 57.0 Å². The second-order valence-electron chi connectivity index (χ2n) is 7.44. The molecule has 2 fully saturated rings. The Balaban J connectivity index is 1.33. The number of thioether (sulfide) groups is 1. The van der Waals surface area contributed by atoms with Crippen LogP contribution in [-0.4, -0.2) is 62.9 Å². The highest BCUT2D eigenvalue weighted by Crippen LogP contribution is 2.38. The van der Waals surface area contributed by atoms with Crippen molar-refractivity contribution in [3.8, 4) is 5.75 Å². The lowest BCUT2D eigenvalue weighted by molar-refractivity contribution is -0.892. The highest BCUT2D eigenvalue weighted by Gasteiger charge is 2.34. The van der Waals surface area contributed by atoms with Gasteiger partial charge in [0.25, 0.3) is 5.91 Å². The van der Waals surface area contributed by atoms with Gasteiger partial charge in [-0.25, -0.2) is 4.39 Å². The minimum Gasteiger partial charge on any atom is -0.497 e. The van der Waals surface area contributed by atoms with Gasteiger partial charge < -0.3 is 19.4 Å². The van der Waals surface area contributed by atoms with E-state index in [2.05, 4.69) is 17.0 Å². The van der Waals surface area contributed by atoms with Gasteiger partial charge in [-0.2, -0.15) is 0 Å². The third-order valence-corrected chi connectivity index (χ3v) is 6.93. The molecular weight excluding hydrogens is 389 g/mol. The first-order chi connectivity index (χ1) is 14.2. The molecule has 2 heterocycles. The van der Waals surface area contributed by atoms with Crippen molar-refractivity contribution in [3.63, 3.8) is 0 Å². The van der Waals surface area contributed by atoms with E-state index >= 15 is 0 Å². The molecule has 0 radical (unpaired) electrons. The van der Waals surface area contributed by atoms with Crippen LogP contribution in [0, 0.1) is 5.82 Å². The third kappa shape index (κ3) is 4.51. The van der Waals surface area contributed by atoms with Gasteiger partial charge in [0.15, 0.2) is 6.54 Å². The van der Waals surface area contributed by atoms with Crippen molar-refractivity contribution >= 4 is 23.4 Å². The SMILES string of the molecule is COc1ccc(N2CC[NH+](CC(=O)N3CCS[C@@H]3c3ccccc3F)CC2)cc1. The molecule has 0 aromatic heterocycles. The predicted octanol–water partition coefficient (Wildman–Crippen LogP) is 1.81. The molecule has 2 aliphatic heterocycles. The Kier molecular flexibility index (Phi) is 6.25. The smallest absolute Gasteiger partial charge is 0.278 e. The molecule has 2 aliphatic rings. The first-order valence-electron chi connectivity index (χ1n) is 10.0. The van der Waals surface area contributed by atoms with Gasteiger partial charge in [-0.05, 0) is 30.3 Å². The summed E-state index contributed by atoms with van der Waals surface area (Å²) in [4.78, 5) is 18.5. The lowest BCUT2D eigenvalue weighted by atomic mass is 10.2. The summed E-state index contributed by atoms with van der Waals surface area (Å²) in [5.74, 6) is 1.60. The molecule has 1 N–H and O–H groups in total. The van der Waals surface area contributed by atoms with Crippen LogP contribution in [0.3, 0.4) is 0 Å². The van der Waals surface area contributed by atoms with Crippen LogP contribution in [0.4, 0.5) is 10.1 Å². The van der Waals surface area contributed by atoms with E-state index < -0.39 is 0 Å². The summed E-state index contributed by atoms with van der Waals surface area (Å²) in [5, 5.41) is -0.205. The zero-order valence-electron chi connectivity index (χ0n) is 16.6. The number of halogens is 1. The number of hydrogen-bond donors (Lipinski definition) is 1. The fourth-order valence-electron chi connectivity index (χ4n) is 4.02. The van der Waals surface area contributed by atoms with E-state index in [-0.39, 0.29) is 17.1 Å². The van der Waals surface area contributed by atoms with E-state index in [0.717, 1.165) is 37.7 Å². The highest BCUT2D eigenvalue weighted by atomic mass is 32.2. The molecule has 5 nitrogen and oxygen atoms in total. The zero-order chi connectivity index (χ0) is 20.2. The molecule has 0 unspecified atom stereocenters. The van der Waals surface area contributed by atoms with Crippen molar-refractivity contribution in [2.45, 2.75) is 5.37 Å². The zero-order valence-corrected chi connectivity index (χ0v) is 17.5. The largest absolute Gasteiger partial charge is 0.497 e. The number of piperazine rings is 1. The van der Waals surface area contributed by atoms with Gasteiger partial charge >= 0.3 is 0 Å². The van der Waals surface area contributed by atoms with Gasteiger partial charge in [0.2, 0.25) is 0 Å². The van der Waals surface area contributed by atoms with E-state index in [9.17, 15) is 9.18 Å². The van der Waals surface area contributed by atoms with E-state index in [4.69, 9.17) is 4.74 Å². The maximum absolute atomic E-state index is 14.2. The lowest BCUT2D eigenvalue weighted by Gasteiger charge is -2.34. The molecule has 4 rings (SSSR count). The van der Waals surface area contributed by atoms with Crippen molar-refractivity contribution in [3.05, 3.63) is 59.9 Å². The van der Waals surface area contributed by atoms with Gasteiger partial charge in [-0.15, -0.1) is 11.8 Å². The van der Waals surface area contributed by atoms with Gasteiger partial charge in [0, 0.05) is 23.5 Å². The maximum Gasteiger partial charge on any atom is 0.278 e. The Morgan fingerprint density at radius 3 is 2.55 bits per heavy atom. The van der Waals surface area contributed by atoms with Crippen molar-refractivity contribution < 1.29 is 18.8 Å². The number of hydrogen-bond acceptors (Lipinski definition) is 4. The summed E-state index contributed by atoms with van der Waals surface area (Å²) in [5.41, 5.74) is 1.80. The number of nitrogens with zero attached hydrogens (tertiary/aromatic N) is 2. The van der Waals surface area contributed by atoms with Crippen LogP contribution < -0.4 is 14.5 Å². The third-order valence-electron chi connectivity index (χ3n) is 5.69. The molecule has 2 aromatic carbocycles. The van der Waals surface area contributed by atoms with Crippen molar-refractivity contribution in [1.29, 1.82) is 0 Å². The van der Waals surface area contributed by atoms with E-state index in [1.807, 2.05) is 23.1 Å². The van der Waals surface area contributed by atoms with Gasteiger partial charge in [0.05, 0.1) is 33.3 Å². The van der Waals surface area contributed by atoms with E-state index in [0.29, 0.717) is 18.7 Å². The number of carbonyl (C=O) groups excluding carboxylic acids is 1. The molecule has 1 atom stereocenters. The maximum atomic E-state index is 14.2. The Hall–Kier alpha value is -2.25. The number of anilines is 1. The molecule has 0 saturated carbocycles. The Bertz CT molecular complexity index is 840. The number of amides is 1. The number of ether oxygens (including phenoxy) is 1. The topological polar surface area (TPSA) is 37.2 Å². The Labute approximate surface area is 175 Å². The van der Waals surface area contributed by atoms with Crippen LogP contribution >= 0.6 is 11.8 Å². The second kappa shape index (κ2) is 9.05. The van der Waals surface area contributed by atoms with Crippen LogP contribution in [0.2, 0.25) is 0 Å². The van der Waals surface area contributed by atoms with Crippen molar-refractivity contribution in [1.82, 2.24) is 4.90 Å². The molecule has 154 valence electrons. The fourth-order valence-corrected chi connectivity index (χ4v) is 5.32. The standard InChI is InChI=1S/C22H26FN3O2S/c1-28-18-8-6-17(7-9-18)25-12-10-24(11-13-25)16-21(27)26-14-15-29-22(26)19-4-2-3-5-20(19)23/h2-9,22H,10-16H2,1H3/p+1/t22-/m1/s1. The molecule has 0 bridgehead atoms. The lowest BCUT2D eigenvalue weighted by Crippen LogP contribution is -3.15. The van der Waals surface area contributed by atoms with E-state index in [1.54, 1.807) is 31.0 Å². The first-order valence-corrected chi connectivity index (χ1v) is 11.1. The molecule has 7 heteroatoms. The molecule has 0 aliphatic carbocycles. The van der Waals surface area contributed by atoms with Gasteiger partial charge in [-0.3, -0.25) is 4.79 Å². The minimum absolute atomic E-state index is 0.121. The first kappa shape index (κ1) is 20.0. The number of quaternary nitrogens is 1. The molecule has 0 spiro atoms. The van der Waals surface area contributed by atoms with Crippen molar-refractivity contribution in [2.24, 2.45) is 0 Å². The Morgan fingerprint density at radius 1 is 1.14 bits per heavy atom. The number of rotatable bonds is 5. The van der Waals surface area contributed by atoms with Gasteiger partial charge in [0.1, 0.15) is 16.9 Å².